The molecule has 1 aromatic carbocycles. The number of anilines is 1. The molecule has 3 nitrogen and oxygen atoms in total. The Morgan fingerprint density at radius 3 is 3.00 bits per heavy atom. The van der Waals surface area contributed by atoms with Crippen LogP contribution in [-0.2, 0) is 4.79 Å². The summed E-state index contributed by atoms with van der Waals surface area (Å²) in [5, 5.41) is 6.04. The number of benzene rings is 1. The predicted octanol–water partition coefficient (Wildman–Crippen LogP) is 2.28. The van der Waals surface area contributed by atoms with Crippen molar-refractivity contribution in [2.75, 3.05) is 11.9 Å². The minimum Gasteiger partial charge on any atom is -0.382 e. The predicted molar refractivity (Wildman–Crippen MR) is 63.8 cm³/mol. The molecule has 1 unspecified atom stereocenters. The summed E-state index contributed by atoms with van der Waals surface area (Å²) in [4.78, 5) is 11.0. The van der Waals surface area contributed by atoms with E-state index in [1.807, 2.05) is 0 Å². The molecule has 1 aromatic rings. The summed E-state index contributed by atoms with van der Waals surface area (Å²) in [5.74, 6) is -0.170. The minimum atomic E-state index is -0.272. The molecule has 0 bridgehead atoms. The number of hydrogen-bond acceptors (Lipinski definition) is 2. The molecular weight excluding hydrogens is 275 g/mol. The van der Waals surface area contributed by atoms with Crippen molar-refractivity contribution >= 4 is 27.5 Å². The van der Waals surface area contributed by atoms with Gasteiger partial charge in [0.05, 0.1) is 0 Å². The van der Waals surface area contributed by atoms with Gasteiger partial charge in [0.2, 0.25) is 5.91 Å². The van der Waals surface area contributed by atoms with E-state index in [0.29, 0.717) is 17.4 Å². The molecule has 1 fully saturated rings. The van der Waals surface area contributed by atoms with E-state index in [2.05, 4.69) is 26.6 Å². The standard InChI is InChI=1S/C11H12BrFN2O/c12-9-5-7(13)1-3-10(9)14-6-8-2-4-11(16)15-8/h1,3,5,8,14H,2,4,6H2,(H,15,16). The first kappa shape index (κ1) is 11.4. The molecular formula is C11H12BrFN2O. The molecule has 0 saturated carbocycles. The quantitative estimate of drug-likeness (QED) is 0.895. The van der Waals surface area contributed by atoms with Crippen molar-refractivity contribution in [2.24, 2.45) is 0 Å². The smallest absolute Gasteiger partial charge is 0.220 e. The second-order valence-electron chi connectivity index (χ2n) is 3.81. The molecule has 86 valence electrons. The van der Waals surface area contributed by atoms with E-state index in [1.165, 1.54) is 12.1 Å². The summed E-state index contributed by atoms with van der Waals surface area (Å²) >= 11 is 3.28. The lowest BCUT2D eigenvalue weighted by Gasteiger charge is -2.13. The Hall–Kier alpha value is -1.10. The Balaban J connectivity index is 1.92. The molecule has 1 aliphatic rings. The second-order valence-corrected chi connectivity index (χ2v) is 4.66. The highest BCUT2D eigenvalue weighted by Gasteiger charge is 2.20. The van der Waals surface area contributed by atoms with Crippen molar-refractivity contribution in [3.63, 3.8) is 0 Å². The highest BCUT2D eigenvalue weighted by atomic mass is 79.9. The first-order valence-electron chi connectivity index (χ1n) is 5.13. The third-order valence-corrected chi connectivity index (χ3v) is 3.21. The van der Waals surface area contributed by atoms with Crippen molar-refractivity contribution in [3.8, 4) is 0 Å². The summed E-state index contributed by atoms with van der Waals surface area (Å²) in [6.45, 7) is 0.663. The average molecular weight is 287 g/mol. The van der Waals surface area contributed by atoms with Crippen LogP contribution in [0, 0.1) is 5.82 Å². The van der Waals surface area contributed by atoms with Crippen molar-refractivity contribution in [1.29, 1.82) is 0 Å². The van der Waals surface area contributed by atoms with Gasteiger partial charge in [0, 0.05) is 29.2 Å². The summed E-state index contributed by atoms with van der Waals surface area (Å²) in [6.07, 6.45) is 1.45. The van der Waals surface area contributed by atoms with Gasteiger partial charge >= 0.3 is 0 Å². The van der Waals surface area contributed by atoms with Gasteiger partial charge in [0.15, 0.2) is 0 Å². The third kappa shape index (κ3) is 2.72. The van der Waals surface area contributed by atoms with Gasteiger partial charge in [0.1, 0.15) is 5.82 Å². The van der Waals surface area contributed by atoms with Crippen molar-refractivity contribution in [1.82, 2.24) is 5.32 Å². The van der Waals surface area contributed by atoms with Crippen LogP contribution in [0.4, 0.5) is 10.1 Å². The Bertz CT molecular complexity index is 411. The van der Waals surface area contributed by atoms with E-state index in [-0.39, 0.29) is 17.8 Å². The highest BCUT2D eigenvalue weighted by Crippen LogP contribution is 2.23. The van der Waals surface area contributed by atoms with E-state index in [4.69, 9.17) is 0 Å². The van der Waals surface area contributed by atoms with Crippen LogP contribution in [0.5, 0.6) is 0 Å². The first-order chi connectivity index (χ1) is 7.65. The highest BCUT2D eigenvalue weighted by molar-refractivity contribution is 9.10. The molecule has 2 rings (SSSR count). The second kappa shape index (κ2) is 4.82. The molecule has 1 saturated heterocycles. The maximum atomic E-state index is 12.8. The van der Waals surface area contributed by atoms with Crippen LogP contribution in [0.2, 0.25) is 0 Å². The third-order valence-electron chi connectivity index (χ3n) is 2.56. The van der Waals surface area contributed by atoms with E-state index < -0.39 is 0 Å². The average Bonchev–Trinajstić information content (AvgIpc) is 2.63. The number of carbonyl (C=O) groups is 1. The van der Waals surface area contributed by atoms with E-state index >= 15 is 0 Å². The summed E-state index contributed by atoms with van der Waals surface area (Å²) in [5.41, 5.74) is 0.836. The topological polar surface area (TPSA) is 41.1 Å². The van der Waals surface area contributed by atoms with Crippen LogP contribution in [0.3, 0.4) is 0 Å². The Morgan fingerprint density at radius 2 is 2.38 bits per heavy atom. The van der Waals surface area contributed by atoms with Gasteiger partial charge in [-0.05, 0) is 40.5 Å². The zero-order chi connectivity index (χ0) is 11.5. The molecule has 1 heterocycles. The molecule has 1 atom stereocenters. The number of rotatable bonds is 3. The maximum Gasteiger partial charge on any atom is 0.220 e. The van der Waals surface area contributed by atoms with Gasteiger partial charge in [-0.2, -0.15) is 0 Å². The molecule has 2 N–H and O–H groups in total. The zero-order valence-electron chi connectivity index (χ0n) is 8.59. The van der Waals surface area contributed by atoms with E-state index in [9.17, 15) is 9.18 Å². The molecule has 16 heavy (non-hydrogen) atoms. The van der Waals surface area contributed by atoms with Crippen LogP contribution in [0.1, 0.15) is 12.8 Å². The summed E-state index contributed by atoms with van der Waals surface area (Å²) < 4.78 is 13.5. The number of halogens is 2. The van der Waals surface area contributed by atoms with Crippen LogP contribution in [0.15, 0.2) is 22.7 Å². The molecule has 1 aliphatic heterocycles. The zero-order valence-corrected chi connectivity index (χ0v) is 10.2. The van der Waals surface area contributed by atoms with Crippen LogP contribution >= 0.6 is 15.9 Å². The van der Waals surface area contributed by atoms with Crippen LogP contribution in [-0.4, -0.2) is 18.5 Å². The summed E-state index contributed by atoms with van der Waals surface area (Å²) in [7, 11) is 0. The van der Waals surface area contributed by atoms with Crippen molar-refractivity contribution < 1.29 is 9.18 Å². The fourth-order valence-corrected chi connectivity index (χ4v) is 2.19. The van der Waals surface area contributed by atoms with Crippen molar-refractivity contribution in [3.05, 3.63) is 28.5 Å². The molecule has 5 heteroatoms. The monoisotopic (exact) mass is 286 g/mol. The van der Waals surface area contributed by atoms with Crippen LogP contribution in [0.25, 0.3) is 0 Å². The van der Waals surface area contributed by atoms with Gasteiger partial charge in [0.25, 0.3) is 0 Å². The van der Waals surface area contributed by atoms with E-state index in [1.54, 1.807) is 6.07 Å². The lowest BCUT2D eigenvalue weighted by atomic mass is 10.2. The van der Waals surface area contributed by atoms with E-state index in [0.717, 1.165) is 12.1 Å². The fourth-order valence-electron chi connectivity index (χ4n) is 1.70. The molecule has 0 aromatic heterocycles. The van der Waals surface area contributed by atoms with Gasteiger partial charge in [-0.25, -0.2) is 4.39 Å². The Kier molecular flexibility index (Phi) is 3.43. The molecule has 0 spiro atoms. The number of carbonyl (C=O) groups excluding carboxylic acids is 1. The first-order valence-corrected chi connectivity index (χ1v) is 5.93. The lowest BCUT2D eigenvalue weighted by Crippen LogP contribution is -2.31. The minimum absolute atomic E-state index is 0.102. The largest absolute Gasteiger partial charge is 0.382 e. The number of nitrogens with one attached hydrogen (secondary N) is 2. The van der Waals surface area contributed by atoms with Crippen LogP contribution < -0.4 is 10.6 Å². The Morgan fingerprint density at radius 1 is 1.56 bits per heavy atom. The van der Waals surface area contributed by atoms with Gasteiger partial charge < -0.3 is 10.6 Å². The van der Waals surface area contributed by atoms with Gasteiger partial charge in [-0.3, -0.25) is 4.79 Å². The number of hydrogen-bond donors (Lipinski definition) is 2. The molecule has 0 aliphatic carbocycles. The maximum absolute atomic E-state index is 12.8. The Labute approximate surface area is 102 Å². The molecule has 1 amide bonds. The lowest BCUT2D eigenvalue weighted by molar-refractivity contribution is -0.119. The normalized spacial score (nSPS) is 19.6. The van der Waals surface area contributed by atoms with Crippen molar-refractivity contribution in [2.45, 2.75) is 18.9 Å². The van der Waals surface area contributed by atoms with Gasteiger partial charge in [-0.1, -0.05) is 0 Å². The van der Waals surface area contributed by atoms with Gasteiger partial charge in [-0.15, -0.1) is 0 Å². The SMILES string of the molecule is O=C1CCC(CNc2ccc(F)cc2Br)N1. The number of amides is 1. The summed E-state index contributed by atoms with van der Waals surface area (Å²) in [6, 6.07) is 4.66. The fraction of sp³-hybridized carbons (Fsp3) is 0.364. The molecule has 0 radical (unpaired) electrons.